The van der Waals surface area contributed by atoms with E-state index in [0.717, 1.165) is 6.42 Å². The Morgan fingerprint density at radius 3 is 2.64 bits per heavy atom. The molecular weight excluding hydrogens is 350 g/mol. The van der Waals surface area contributed by atoms with Crippen LogP contribution in [0, 0.1) is 5.92 Å². The van der Waals surface area contributed by atoms with Gasteiger partial charge < -0.3 is 19.4 Å². The lowest BCUT2D eigenvalue weighted by atomic mass is 9.88. The molecule has 0 radical (unpaired) electrons. The molecule has 0 bridgehead atoms. The van der Waals surface area contributed by atoms with Crippen molar-refractivity contribution in [2.24, 2.45) is 11.1 Å². The number of hydrogen-bond acceptors (Lipinski definition) is 6. The fourth-order valence-corrected chi connectivity index (χ4v) is 2.80. The van der Waals surface area contributed by atoms with E-state index in [1.54, 1.807) is 12.1 Å². The van der Waals surface area contributed by atoms with Gasteiger partial charge in [0.15, 0.2) is 17.2 Å². The minimum atomic E-state index is -1.30. The van der Waals surface area contributed by atoms with Gasteiger partial charge in [0.05, 0.1) is 5.92 Å². The topological polar surface area (TPSA) is 94.4 Å². The first-order valence-electron chi connectivity index (χ1n) is 7.93. The number of fused-ring (bicyclic) bond motifs is 1. The molecule has 0 saturated heterocycles. The number of nitrogens with zero attached hydrogens (tertiary/aromatic N) is 1. The van der Waals surface area contributed by atoms with Crippen molar-refractivity contribution in [1.82, 2.24) is 0 Å². The molecule has 1 heterocycles. The van der Waals surface area contributed by atoms with E-state index in [0.29, 0.717) is 28.5 Å². The number of benzene rings is 1. The molecule has 1 aromatic carbocycles. The predicted octanol–water partition coefficient (Wildman–Crippen LogP) is 3.07. The number of oxime groups is 1. The number of Topliss-reactive ketones (excluding diaryl/α,β-unsaturated/α-hetero) is 1. The van der Waals surface area contributed by atoms with Crippen molar-refractivity contribution in [2.75, 3.05) is 13.9 Å². The van der Waals surface area contributed by atoms with Gasteiger partial charge in [-0.2, -0.15) is 0 Å². The van der Waals surface area contributed by atoms with E-state index in [1.807, 2.05) is 6.92 Å². The second kappa shape index (κ2) is 8.71. The Morgan fingerprint density at radius 2 is 2.04 bits per heavy atom. The number of aliphatic carboxylic acids is 1. The molecule has 1 unspecified atom stereocenters. The highest BCUT2D eigenvalue weighted by atomic mass is 35.5. The van der Waals surface area contributed by atoms with Crippen LogP contribution in [0.15, 0.2) is 17.3 Å². The second-order valence-electron chi connectivity index (χ2n) is 5.59. The highest BCUT2D eigenvalue weighted by Crippen LogP contribution is 2.37. The molecule has 0 spiro atoms. The third-order valence-electron chi connectivity index (χ3n) is 3.87. The average Bonchev–Trinajstić information content (AvgIpc) is 3.02. The maximum atomic E-state index is 12.6. The molecule has 136 valence electrons. The molecule has 8 heteroatoms. The number of carboxylic acid groups (broad SMARTS) is 1. The fraction of sp³-hybridized carbons (Fsp3) is 0.471. The van der Waals surface area contributed by atoms with Crippen LogP contribution in [0.25, 0.3) is 0 Å². The van der Waals surface area contributed by atoms with Crippen LogP contribution in [0.2, 0.25) is 5.02 Å². The first kappa shape index (κ1) is 19.1. The Labute approximate surface area is 150 Å². The quantitative estimate of drug-likeness (QED) is 0.531. The van der Waals surface area contributed by atoms with E-state index < -0.39 is 11.9 Å². The fourth-order valence-electron chi connectivity index (χ4n) is 2.57. The number of rotatable bonds is 9. The summed E-state index contributed by atoms with van der Waals surface area (Å²) in [7, 11) is 1.24. The van der Waals surface area contributed by atoms with E-state index in [9.17, 15) is 14.7 Å². The summed E-state index contributed by atoms with van der Waals surface area (Å²) >= 11 is 6.26. The van der Waals surface area contributed by atoms with Crippen molar-refractivity contribution in [1.29, 1.82) is 0 Å². The van der Waals surface area contributed by atoms with Crippen LogP contribution >= 0.6 is 11.6 Å². The molecule has 2 rings (SSSR count). The van der Waals surface area contributed by atoms with Crippen molar-refractivity contribution in [3.63, 3.8) is 0 Å². The summed E-state index contributed by atoms with van der Waals surface area (Å²) in [6.45, 7) is 2.05. The molecule has 25 heavy (non-hydrogen) atoms. The molecule has 0 aromatic heterocycles. The Hall–Kier alpha value is -2.28. The molecule has 1 atom stereocenters. The van der Waals surface area contributed by atoms with Gasteiger partial charge in [-0.25, -0.2) is 4.79 Å². The van der Waals surface area contributed by atoms with Gasteiger partial charge >= 0.3 is 5.97 Å². The number of hydrogen-bond donors (Lipinski definition) is 1. The summed E-state index contributed by atoms with van der Waals surface area (Å²) in [6, 6.07) is 3.26. The Bertz CT molecular complexity index is 688. The Morgan fingerprint density at radius 1 is 1.36 bits per heavy atom. The Balaban J connectivity index is 2.34. The van der Waals surface area contributed by atoms with Gasteiger partial charge in [0.25, 0.3) is 0 Å². The number of halogens is 1. The molecule has 0 saturated carbocycles. The molecule has 0 amide bonds. The van der Waals surface area contributed by atoms with Gasteiger partial charge in [0.1, 0.15) is 12.9 Å². The zero-order chi connectivity index (χ0) is 18.4. The van der Waals surface area contributed by atoms with Gasteiger partial charge in [-0.05, 0) is 24.5 Å². The smallest absolute Gasteiger partial charge is 0.354 e. The Kier molecular flexibility index (Phi) is 6.64. The molecular formula is C17H20ClNO6. The molecule has 1 N–H and O–H groups in total. The summed E-state index contributed by atoms with van der Waals surface area (Å²) in [5.74, 6) is -1.43. The van der Waals surface area contributed by atoms with E-state index in [2.05, 4.69) is 9.99 Å². The zero-order valence-corrected chi connectivity index (χ0v) is 14.8. The SMILES string of the molecule is CCCCC(=O)C(Cc1cc2c(cc1Cl)OCO2)/C(=N/OC)C(=O)O. The van der Waals surface area contributed by atoms with Gasteiger partial charge in [-0.1, -0.05) is 30.1 Å². The minimum absolute atomic E-state index is 0.0898. The molecule has 1 aromatic rings. The summed E-state index contributed by atoms with van der Waals surface area (Å²) in [5, 5.41) is 13.3. The van der Waals surface area contributed by atoms with Gasteiger partial charge in [0, 0.05) is 17.5 Å². The number of unbranched alkanes of at least 4 members (excludes halogenated alkanes) is 1. The predicted molar refractivity (Wildman–Crippen MR) is 91.4 cm³/mol. The van der Waals surface area contributed by atoms with Crippen LogP contribution in [0.5, 0.6) is 11.5 Å². The summed E-state index contributed by atoms with van der Waals surface area (Å²) in [6.07, 6.45) is 1.85. The lowest BCUT2D eigenvalue weighted by Gasteiger charge is -2.16. The second-order valence-corrected chi connectivity index (χ2v) is 5.99. The molecule has 7 nitrogen and oxygen atoms in total. The maximum absolute atomic E-state index is 12.6. The lowest BCUT2D eigenvalue weighted by Crippen LogP contribution is -2.32. The zero-order valence-electron chi connectivity index (χ0n) is 14.1. The summed E-state index contributed by atoms with van der Waals surface area (Å²) in [4.78, 5) is 28.7. The molecule has 0 fully saturated rings. The lowest BCUT2D eigenvalue weighted by molar-refractivity contribution is -0.131. The van der Waals surface area contributed by atoms with Crippen LogP contribution in [-0.4, -0.2) is 36.5 Å². The van der Waals surface area contributed by atoms with Gasteiger partial charge in [0.2, 0.25) is 6.79 Å². The highest BCUT2D eigenvalue weighted by Gasteiger charge is 2.31. The molecule has 1 aliphatic rings. The third-order valence-corrected chi connectivity index (χ3v) is 4.22. The van der Waals surface area contributed by atoms with E-state index in [-0.39, 0.29) is 31.1 Å². The standard InChI is InChI=1S/C17H20ClNO6/c1-3-4-5-13(20)11(16(17(21)22)19-23-2)6-10-7-14-15(8-12(10)18)25-9-24-14/h7-8,11H,3-6,9H2,1-2H3,(H,21,22)/b19-16-. The largest absolute Gasteiger partial charge is 0.477 e. The summed E-state index contributed by atoms with van der Waals surface area (Å²) in [5.41, 5.74) is 0.253. The number of ketones is 1. The van der Waals surface area contributed by atoms with Crippen molar-refractivity contribution >= 4 is 29.1 Å². The molecule has 1 aliphatic heterocycles. The van der Waals surface area contributed by atoms with Gasteiger partial charge in [-0.3, -0.25) is 4.79 Å². The third kappa shape index (κ3) is 4.63. The van der Waals surface area contributed by atoms with Crippen LogP contribution in [-0.2, 0) is 20.8 Å². The van der Waals surface area contributed by atoms with Crippen molar-refractivity contribution < 1.29 is 29.0 Å². The van der Waals surface area contributed by atoms with Crippen LogP contribution < -0.4 is 9.47 Å². The van der Waals surface area contributed by atoms with Gasteiger partial charge in [-0.15, -0.1) is 0 Å². The average molecular weight is 370 g/mol. The van der Waals surface area contributed by atoms with Crippen molar-refractivity contribution in [3.8, 4) is 11.5 Å². The first-order valence-corrected chi connectivity index (χ1v) is 8.30. The number of carbonyl (C=O) groups excluding carboxylic acids is 1. The van der Waals surface area contributed by atoms with Crippen molar-refractivity contribution in [2.45, 2.75) is 32.6 Å². The van der Waals surface area contributed by atoms with E-state index in [4.69, 9.17) is 21.1 Å². The molecule has 0 aliphatic carbocycles. The minimum Gasteiger partial charge on any atom is -0.477 e. The number of ether oxygens (including phenoxy) is 2. The number of carbonyl (C=O) groups is 2. The van der Waals surface area contributed by atoms with Crippen LogP contribution in [0.3, 0.4) is 0 Å². The number of carboxylic acids is 1. The monoisotopic (exact) mass is 369 g/mol. The first-order chi connectivity index (χ1) is 12.0. The maximum Gasteiger partial charge on any atom is 0.354 e. The highest BCUT2D eigenvalue weighted by molar-refractivity contribution is 6.40. The van der Waals surface area contributed by atoms with Crippen LogP contribution in [0.4, 0.5) is 0 Å². The summed E-state index contributed by atoms with van der Waals surface area (Å²) < 4.78 is 10.6. The van der Waals surface area contributed by atoms with E-state index in [1.165, 1.54) is 7.11 Å². The van der Waals surface area contributed by atoms with Crippen LogP contribution in [0.1, 0.15) is 31.7 Å². The van der Waals surface area contributed by atoms with Crippen molar-refractivity contribution in [3.05, 3.63) is 22.7 Å². The normalized spacial score (nSPS) is 14.3. The van der Waals surface area contributed by atoms with E-state index >= 15 is 0 Å².